The van der Waals surface area contributed by atoms with E-state index < -0.39 is 23.5 Å². The van der Waals surface area contributed by atoms with Gasteiger partial charge >= 0.3 is 5.97 Å². The second-order valence-electron chi connectivity index (χ2n) is 8.62. The maximum Gasteiger partial charge on any atom is 0.343 e. The standard InChI is InChI=1S/C30H19ClF2N2O4/c31-19-5-1-17(2-6-19)16-37-21-8-3-18(4-9-21)30(36)38-22-10-12-24-27(14-22)39-29(35)25(15-34)28(24)23-11-7-20(32)13-26(23)33/h1-14,28H,16,35H2. The Morgan fingerprint density at radius 2 is 1.64 bits per heavy atom. The molecule has 9 heteroatoms. The number of ether oxygens (including phenoxy) is 3. The van der Waals surface area contributed by atoms with Crippen molar-refractivity contribution in [1.82, 2.24) is 0 Å². The van der Waals surface area contributed by atoms with Crippen molar-refractivity contribution in [2.24, 2.45) is 5.73 Å². The van der Waals surface area contributed by atoms with Crippen LogP contribution >= 0.6 is 11.6 Å². The predicted molar refractivity (Wildman–Crippen MR) is 139 cm³/mol. The van der Waals surface area contributed by atoms with E-state index in [1.165, 1.54) is 18.2 Å². The molecule has 0 radical (unpaired) electrons. The molecule has 0 saturated heterocycles. The molecular formula is C30H19ClF2N2O4. The quantitative estimate of drug-likeness (QED) is 0.216. The van der Waals surface area contributed by atoms with Crippen molar-refractivity contribution in [1.29, 1.82) is 5.26 Å². The molecule has 2 N–H and O–H groups in total. The Kier molecular flexibility index (Phi) is 7.17. The zero-order valence-electron chi connectivity index (χ0n) is 20.2. The Labute approximate surface area is 227 Å². The van der Waals surface area contributed by atoms with Crippen LogP contribution in [0.25, 0.3) is 0 Å². The lowest BCUT2D eigenvalue weighted by Crippen LogP contribution is -2.22. The highest BCUT2D eigenvalue weighted by Crippen LogP contribution is 2.44. The number of carbonyl (C=O) groups excluding carboxylic acids is 1. The van der Waals surface area contributed by atoms with Gasteiger partial charge in [-0.05, 0) is 54.1 Å². The third-order valence-corrected chi connectivity index (χ3v) is 6.34. The molecule has 1 unspecified atom stereocenters. The van der Waals surface area contributed by atoms with Gasteiger partial charge in [0.1, 0.15) is 47.1 Å². The minimum atomic E-state index is -0.926. The van der Waals surface area contributed by atoms with Gasteiger partial charge in [0.15, 0.2) is 0 Å². The number of nitriles is 1. The SMILES string of the molecule is N#CC1=C(N)Oc2cc(OC(=O)c3ccc(OCc4ccc(Cl)cc4)cc3)ccc2C1c1ccc(F)cc1F. The van der Waals surface area contributed by atoms with Gasteiger partial charge in [-0.1, -0.05) is 35.9 Å². The fraction of sp³-hybridized carbons (Fsp3) is 0.0667. The average Bonchev–Trinajstić information content (AvgIpc) is 2.92. The molecule has 5 rings (SSSR count). The maximum atomic E-state index is 14.6. The Balaban J connectivity index is 1.32. The molecule has 0 spiro atoms. The molecule has 0 fully saturated rings. The number of hydrogen-bond acceptors (Lipinski definition) is 6. The number of nitrogens with zero attached hydrogens (tertiary/aromatic N) is 1. The molecule has 0 aliphatic carbocycles. The number of carbonyl (C=O) groups is 1. The summed E-state index contributed by atoms with van der Waals surface area (Å²) in [6.45, 7) is 0.337. The summed E-state index contributed by atoms with van der Waals surface area (Å²) in [4.78, 5) is 12.8. The number of fused-ring (bicyclic) bond motifs is 1. The monoisotopic (exact) mass is 544 g/mol. The fourth-order valence-corrected chi connectivity index (χ4v) is 4.28. The second-order valence-corrected chi connectivity index (χ2v) is 9.06. The number of esters is 1. The van der Waals surface area contributed by atoms with E-state index in [1.54, 1.807) is 42.5 Å². The van der Waals surface area contributed by atoms with Crippen molar-refractivity contribution < 1.29 is 27.8 Å². The fourth-order valence-electron chi connectivity index (χ4n) is 4.16. The number of hydrogen-bond donors (Lipinski definition) is 1. The molecule has 0 aromatic heterocycles. The smallest absolute Gasteiger partial charge is 0.343 e. The van der Waals surface area contributed by atoms with Gasteiger partial charge in [0.25, 0.3) is 0 Å². The van der Waals surface area contributed by atoms with E-state index in [9.17, 15) is 18.8 Å². The van der Waals surface area contributed by atoms with Crippen molar-refractivity contribution >= 4 is 17.6 Å². The molecule has 4 aromatic rings. The summed E-state index contributed by atoms with van der Waals surface area (Å²) in [5, 5.41) is 10.3. The first-order chi connectivity index (χ1) is 18.8. The van der Waals surface area contributed by atoms with Crippen LogP contribution in [0.3, 0.4) is 0 Å². The molecule has 194 valence electrons. The van der Waals surface area contributed by atoms with Crippen LogP contribution in [0.5, 0.6) is 17.2 Å². The van der Waals surface area contributed by atoms with Crippen molar-refractivity contribution in [3.05, 3.63) is 135 Å². The van der Waals surface area contributed by atoms with E-state index in [0.29, 0.717) is 22.9 Å². The third kappa shape index (κ3) is 5.54. The van der Waals surface area contributed by atoms with E-state index in [2.05, 4.69) is 0 Å². The Hall–Kier alpha value is -4.87. The number of allylic oxidation sites excluding steroid dienone is 1. The van der Waals surface area contributed by atoms with Gasteiger partial charge in [0.2, 0.25) is 5.88 Å². The lowest BCUT2D eigenvalue weighted by molar-refractivity contribution is 0.0734. The highest BCUT2D eigenvalue weighted by atomic mass is 35.5. The normalized spacial score (nSPS) is 14.2. The first-order valence-electron chi connectivity index (χ1n) is 11.7. The second kappa shape index (κ2) is 10.9. The molecule has 6 nitrogen and oxygen atoms in total. The van der Waals surface area contributed by atoms with Crippen molar-refractivity contribution in [3.8, 4) is 23.3 Å². The predicted octanol–water partition coefficient (Wildman–Crippen LogP) is 6.63. The number of nitrogens with two attached hydrogens (primary N) is 1. The summed E-state index contributed by atoms with van der Waals surface area (Å²) in [5.74, 6) is -2.46. The molecule has 1 aliphatic rings. The summed E-state index contributed by atoms with van der Waals surface area (Å²) >= 11 is 5.89. The van der Waals surface area contributed by atoms with E-state index >= 15 is 0 Å². The minimum Gasteiger partial charge on any atom is -0.489 e. The van der Waals surface area contributed by atoms with Crippen LogP contribution in [-0.4, -0.2) is 5.97 Å². The Morgan fingerprint density at radius 1 is 0.949 bits per heavy atom. The molecule has 1 aliphatic heterocycles. The van der Waals surface area contributed by atoms with Gasteiger partial charge in [-0.3, -0.25) is 0 Å². The first kappa shape index (κ1) is 25.8. The van der Waals surface area contributed by atoms with E-state index in [1.807, 2.05) is 18.2 Å². The Morgan fingerprint density at radius 3 is 2.33 bits per heavy atom. The molecule has 4 aromatic carbocycles. The molecule has 39 heavy (non-hydrogen) atoms. The number of halogens is 3. The highest BCUT2D eigenvalue weighted by Gasteiger charge is 2.33. The average molecular weight is 545 g/mol. The molecule has 0 amide bonds. The lowest BCUT2D eigenvalue weighted by Gasteiger charge is -2.27. The number of rotatable bonds is 6. The van der Waals surface area contributed by atoms with E-state index in [0.717, 1.165) is 17.7 Å². The largest absolute Gasteiger partial charge is 0.489 e. The Bertz CT molecular complexity index is 1630. The van der Waals surface area contributed by atoms with Gasteiger partial charge in [0.05, 0.1) is 11.5 Å². The van der Waals surface area contributed by atoms with Crippen LogP contribution in [-0.2, 0) is 6.61 Å². The van der Waals surface area contributed by atoms with Gasteiger partial charge in [-0.25, -0.2) is 13.6 Å². The maximum absolute atomic E-state index is 14.6. The van der Waals surface area contributed by atoms with Gasteiger partial charge in [-0.15, -0.1) is 0 Å². The van der Waals surface area contributed by atoms with Crippen LogP contribution in [0.4, 0.5) is 8.78 Å². The molecular weight excluding hydrogens is 526 g/mol. The van der Waals surface area contributed by atoms with Crippen molar-refractivity contribution in [3.63, 3.8) is 0 Å². The zero-order valence-corrected chi connectivity index (χ0v) is 20.9. The van der Waals surface area contributed by atoms with Gasteiger partial charge in [0, 0.05) is 28.3 Å². The van der Waals surface area contributed by atoms with Crippen LogP contribution < -0.4 is 19.9 Å². The minimum absolute atomic E-state index is 0.0175. The molecule has 0 saturated carbocycles. The summed E-state index contributed by atoms with van der Waals surface area (Å²) in [6, 6.07) is 23.2. The number of benzene rings is 4. The summed E-state index contributed by atoms with van der Waals surface area (Å²) < 4.78 is 45.0. The molecule has 0 bridgehead atoms. The summed E-state index contributed by atoms with van der Waals surface area (Å²) in [6.07, 6.45) is 0. The molecule has 1 heterocycles. The van der Waals surface area contributed by atoms with Crippen LogP contribution in [0.2, 0.25) is 5.02 Å². The van der Waals surface area contributed by atoms with Gasteiger partial charge < -0.3 is 19.9 Å². The lowest BCUT2D eigenvalue weighted by atomic mass is 9.83. The third-order valence-electron chi connectivity index (χ3n) is 6.08. The van der Waals surface area contributed by atoms with E-state index in [4.69, 9.17) is 31.5 Å². The van der Waals surface area contributed by atoms with Crippen molar-refractivity contribution in [2.75, 3.05) is 0 Å². The van der Waals surface area contributed by atoms with Gasteiger partial charge in [-0.2, -0.15) is 5.26 Å². The van der Waals surface area contributed by atoms with Crippen LogP contribution in [0.1, 0.15) is 33.0 Å². The highest BCUT2D eigenvalue weighted by molar-refractivity contribution is 6.30. The van der Waals surface area contributed by atoms with Crippen LogP contribution in [0, 0.1) is 23.0 Å². The van der Waals surface area contributed by atoms with Crippen LogP contribution in [0.15, 0.2) is 96.4 Å². The summed E-state index contributed by atoms with van der Waals surface area (Å²) in [5.41, 5.74) is 7.63. The zero-order chi connectivity index (χ0) is 27.5. The molecule has 1 atom stereocenters. The summed E-state index contributed by atoms with van der Waals surface area (Å²) in [7, 11) is 0. The van der Waals surface area contributed by atoms with E-state index in [-0.39, 0.29) is 34.1 Å². The van der Waals surface area contributed by atoms with Crippen molar-refractivity contribution in [2.45, 2.75) is 12.5 Å². The first-order valence-corrected chi connectivity index (χ1v) is 12.1. The topological polar surface area (TPSA) is 94.6 Å².